The van der Waals surface area contributed by atoms with Crippen molar-refractivity contribution in [2.45, 2.75) is 26.7 Å². The van der Waals surface area contributed by atoms with Crippen LogP contribution in [-0.4, -0.2) is 5.11 Å². The molecule has 0 unspecified atom stereocenters. The lowest BCUT2D eigenvalue weighted by molar-refractivity contribution is 0.475. The Labute approximate surface area is 80.7 Å². The van der Waals surface area contributed by atoms with Gasteiger partial charge in [-0.05, 0) is 30.5 Å². The summed E-state index contributed by atoms with van der Waals surface area (Å²) in [5.41, 5.74) is 1.26. The smallest absolute Gasteiger partial charge is 0.115 e. The van der Waals surface area contributed by atoms with Gasteiger partial charge >= 0.3 is 0 Å². The third kappa shape index (κ3) is 5.07. The van der Waals surface area contributed by atoms with Gasteiger partial charge in [0.05, 0.1) is 0 Å². The highest BCUT2D eigenvalue weighted by Gasteiger charge is 1.96. The molecule has 0 aliphatic heterocycles. The summed E-state index contributed by atoms with van der Waals surface area (Å²) in [5.74, 6) is 0.880. The fourth-order valence-electron chi connectivity index (χ4n) is 0.859. The minimum Gasteiger partial charge on any atom is -0.508 e. The average molecular weight is 178 g/mol. The minimum atomic E-state index is 0.337. The number of rotatable bonds is 1. The molecule has 0 atom stereocenters. The summed E-state index contributed by atoms with van der Waals surface area (Å²) in [6.07, 6.45) is 1.75. The molecule has 1 nitrogen and oxygen atoms in total. The maximum absolute atomic E-state index is 8.94. The second-order valence-corrected chi connectivity index (χ2v) is 3.15. The van der Waals surface area contributed by atoms with Crippen LogP contribution in [0.1, 0.15) is 32.3 Å². The lowest BCUT2D eigenvalue weighted by Crippen LogP contribution is -1.84. The van der Waals surface area contributed by atoms with E-state index in [1.165, 1.54) is 5.56 Å². The highest BCUT2D eigenvalue weighted by Crippen LogP contribution is 2.16. The van der Waals surface area contributed by atoms with Crippen molar-refractivity contribution in [2.75, 3.05) is 0 Å². The van der Waals surface area contributed by atoms with Crippen molar-refractivity contribution >= 4 is 0 Å². The summed E-state index contributed by atoms with van der Waals surface area (Å²) >= 11 is 0. The van der Waals surface area contributed by atoms with Crippen LogP contribution >= 0.6 is 0 Å². The number of phenolic OH excluding ortho intramolecular Hbond substituents is 1. The summed E-state index contributed by atoms with van der Waals surface area (Å²) < 4.78 is 0. The normalized spacial score (nSPS) is 8.92. The molecule has 0 saturated carbocycles. The largest absolute Gasteiger partial charge is 0.508 e. The predicted octanol–water partition coefficient (Wildman–Crippen LogP) is 3.71. The lowest BCUT2D eigenvalue weighted by Gasteiger charge is -2.03. The summed E-state index contributed by atoms with van der Waals surface area (Å²) in [4.78, 5) is 0. The standard InChI is InChI=1S/C9H12O.C3H6/c1-7(2)8-3-5-9(10)6-4-8;1-3-2/h3-7,10H,1-2H3;3H,1H2,2H3. The molecular weight excluding hydrogens is 160 g/mol. The van der Waals surface area contributed by atoms with Crippen LogP contribution in [0.4, 0.5) is 0 Å². The van der Waals surface area contributed by atoms with Crippen LogP contribution in [0.3, 0.4) is 0 Å². The van der Waals surface area contributed by atoms with E-state index in [2.05, 4.69) is 20.4 Å². The van der Waals surface area contributed by atoms with Crippen molar-refractivity contribution in [1.29, 1.82) is 0 Å². The van der Waals surface area contributed by atoms with Gasteiger partial charge in [0.2, 0.25) is 0 Å². The molecule has 0 aliphatic rings. The molecule has 0 spiro atoms. The van der Waals surface area contributed by atoms with Gasteiger partial charge in [-0.15, -0.1) is 6.58 Å². The first-order valence-corrected chi connectivity index (χ1v) is 4.47. The Balaban J connectivity index is 0.000000424. The monoisotopic (exact) mass is 178 g/mol. The lowest BCUT2D eigenvalue weighted by atomic mass is 10.0. The number of benzene rings is 1. The second kappa shape index (κ2) is 6.30. The SMILES string of the molecule is C=CC.CC(C)c1ccc(O)cc1. The molecule has 0 heterocycles. The molecule has 1 aromatic carbocycles. The third-order valence-corrected chi connectivity index (χ3v) is 1.56. The zero-order valence-corrected chi connectivity index (χ0v) is 8.62. The Morgan fingerprint density at radius 3 is 1.92 bits per heavy atom. The molecule has 0 fully saturated rings. The van der Waals surface area contributed by atoms with E-state index in [0.29, 0.717) is 11.7 Å². The zero-order valence-electron chi connectivity index (χ0n) is 8.62. The Morgan fingerprint density at radius 2 is 1.62 bits per heavy atom. The van der Waals surface area contributed by atoms with Crippen LogP contribution in [0.25, 0.3) is 0 Å². The van der Waals surface area contributed by atoms with Crippen LogP contribution in [0.5, 0.6) is 5.75 Å². The van der Waals surface area contributed by atoms with Gasteiger partial charge in [0.1, 0.15) is 5.75 Å². The van der Waals surface area contributed by atoms with Crippen molar-refractivity contribution in [3.05, 3.63) is 42.5 Å². The van der Waals surface area contributed by atoms with Crippen molar-refractivity contribution in [3.63, 3.8) is 0 Å². The minimum absolute atomic E-state index is 0.337. The molecule has 0 radical (unpaired) electrons. The zero-order chi connectivity index (χ0) is 10.3. The molecule has 1 heteroatoms. The van der Waals surface area contributed by atoms with Gasteiger partial charge < -0.3 is 5.11 Å². The molecule has 0 bridgehead atoms. The second-order valence-electron chi connectivity index (χ2n) is 3.15. The van der Waals surface area contributed by atoms with Gasteiger partial charge in [-0.3, -0.25) is 0 Å². The van der Waals surface area contributed by atoms with E-state index in [9.17, 15) is 0 Å². The Kier molecular flexibility index (Phi) is 5.69. The molecule has 0 saturated heterocycles. The first-order chi connectivity index (χ1) is 6.11. The van der Waals surface area contributed by atoms with Gasteiger partial charge in [0.25, 0.3) is 0 Å². The molecule has 0 amide bonds. The third-order valence-electron chi connectivity index (χ3n) is 1.56. The number of allylic oxidation sites excluding steroid dienone is 1. The number of hydrogen-bond donors (Lipinski definition) is 1. The molecule has 1 N–H and O–H groups in total. The Hall–Kier alpha value is -1.24. The maximum Gasteiger partial charge on any atom is 0.115 e. The van der Waals surface area contributed by atoms with E-state index < -0.39 is 0 Å². The number of aromatic hydroxyl groups is 1. The van der Waals surface area contributed by atoms with Crippen molar-refractivity contribution < 1.29 is 5.11 Å². The Morgan fingerprint density at radius 1 is 1.23 bits per heavy atom. The van der Waals surface area contributed by atoms with E-state index in [0.717, 1.165) is 0 Å². The van der Waals surface area contributed by atoms with Crippen molar-refractivity contribution in [3.8, 4) is 5.75 Å². The van der Waals surface area contributed by atoms with Gasteiger partial charge in [-0.25, -0.2) is 0 Å². The molecular formula is C12H18O. The first kappa shape index (κ1) is 11.8. The van der Waals surface area contributed by atoms with E-state index >= 15 is 0 Å². The molecule has 1 aromatic rings. The number of phenols is 1. The fourth-order valence-corrected chi connectivity index (χ4v) is 0.859. The summed E-state index contributed by atoms with van der Waals surface area (Å²) in [6, 6.07) is 7.32. The van der Waals surface area contributed by atoms with Gasteiger partial charge in [-0.1, -0.05) is 32.1 Å². The molecule has 72 valence electrons. The quantitative estimate of drug-likeness (QED) is 0.650. The molecule has 13 heavy (non-hydrogen) atoms. The van der Waals surface area contributed by atoms with Crippen LogP contribution in [0.2, 0.25) is 0 Å². The average Bonchev–Trinajstić information content (AvgIpc) is 2.06. The van der Waals surface area contributed by atoms with E-state index in [1.54, 1.807) is 18.2 Å². The molecule has 0 aliphatic carbocycles. The van der Waals surface area contributed by atoms with Crippen molar-refractivity contribution in [1.82, 2.24) is 0 Å². The van der Waals surface area contributed by atoms with Gasteiger partial charge in [0.15, 0.2) is 0 Å². The van der Waals surface area contributed by atoms with Crippen LogP contribution in [0, 0.1) is 0 Å². The highest BCUT2D eigenvalue weighted by atomic mass is 16.3. The van der Waals surface area contributed by atoms with E-state index in [4.69, 9.17) is 5.11 Å². The summed E-state index contributed by atoms with van der Waals surface area (Å²) in [7, 11) is 0. The summed E-state index contributed by atoms with van der Waals surface area (Å²) in [6.45, 7) is 9.51. The summed E-state index contributed by atoms with van der Waals surface area (Å²) in [5, 5.41) is 8.94. The van der Waals surface area contributed by atoms with Gasteiger partial charge in [-0.2, -0.15) is 0 Å². The van der Waals surface area contributed by atoms with Crippen LogP contribution < -0.4 is 0 Å². The number of hydrogen-bond acceptors (Lipinski definition) is 1. The first-order valence-electron chi connectivity index (χ1n) is 4.47. The highest BCUT2D eigenvalue weighted by molar-refractivity contribution is 5.27. The predicted molar refractivity (Wildman–Crippen MR) is 58.1 cm³/mol. The van der Waals surface area contributed by atoms with Gasteiger partial charge in [0, 0.05) is 0 Å². The van der Waals surface area contributed by atoms with Crippen LogP contribution in [0.15, 0.2) is 36.9 Å². The van der Waals surface area contributed by atoms with E-state index in [1.807, 2.05) is 19.1 Å². The maximum atomic E-state index is 8.94. The molecule has 0 aromatic heterocycles. The fraction of sp³-hybridized carbons (Fsp3) is 0.333. The Bertz CT molecular complexity index is 234. The molecule has 1 rings (SSSR count). The van der Waals surface area contributed by atoms with Crippen LogP contribution in [-0.2, 0) is 0 Å². The van der Waals surface area contributed by atoms with E-state index in [-0.39, 0.29) is 0 Å². The topological polar surface area (TPSA) is 20.2 Å². The van der Waals surface area contributed by atoms with Crippen molar-refractivity contribution in [2.24, 2.45) is 0 Å².